The highest BCUT2D eigenvalue weighted by atomic mass is 32.2. The van der Waals surface area contributed by atoms with Gasteiger partial charge in [-0.25, -0.2) is 8.42 Å². The molecule has 3 aromatic heterocycles. The van der Waals surface area contributed by atoms with E-state index in [2.05, 4.69) is 20.2 Å². The van der Waals surface area contributed by atoms with Crippen molar-refractivity contribution >= 4 is 32.8 Å². The Morgan fingerprint density at radius 2 is 1.82 bits per heavy atom. The Bertz CT molecular complexity index is 1120. The van der Waals surface area contributed by atoms with E-state index in [-0.39, 0.29) is 0 Å². The van der Waals surface area contributed by atoms with Gasteiger partial charge in [-0.3, -0.25) is 0 Å². The molecule has 2 saturated heterocycles. The quantitative estimate of drug-likeness (QED) is 0.643. The van der Waals surface area contributed by atoms with Gasteiger partial charge in [0.1, 0.15) is 10.0 Å². The first kappa shape index (κ1) is 18.0. The molecule has 0 saturated carbocycles. The average Bonchev–Trinajstić information content (AvgIpc) is 3.44. The molecule has 10 heteroatoms. The van der Waals surface area contributed by atoms with Gasteiger partial charge in [0.2, 0.25) is 0 Å². The third kappa shape index (κ3) is 2.82. The van der Waals surface area contributed by atoms with E-state index in [0.29, 0.717) is 29.1 Å². The Kier molecular flexibility index (Phi) is 4.18. The van der Waals surface area contributed by atoms with E-state index < -0.39 is 10.0 Å². The molecule has 2 fully saturated rings. The minimum absolute atomic E-state index is 0.333. The van der Waals surface area contributed by atoms with Gasteiger partial charge in [0.15, 0.2) is 11.5 Å². The number of aromatic nitrogens is 4. The van der Waals surface area contributed by atoms with Crippen LogP contribution in [-0.2, 0) is 16.4 Å². The summed E-state index contributed by atoms with van der Waals surface area (Å²) in [4.78, 5) is 3.35. The molecule has 8 nitrogen and oxygen atoms in total. The topological polar surface area (TPSA) is 83.7 Å². The lowest BCUT2D eigenvalue weighted by Gasteiger charge is -2.21. The summed E-state index contributed by atoms with van der Waals surface area (Å²) in [7, 11) is -3.38. The Morgan fingerprint density at radius 1 is 1.07 bits per heavy atom. The Labute approximate surface area is 167 Å². The van der Waals surface area contributed by atoms with Crippen LogP contribution in [-0.4, -0.2) is 58.7 Å². The van der Waals surface area contributed by atoms with Crippen molar-refractivity contribution in [2.45, 2.75) is 24.5 Å². The molecule has 0 amide bonds. The summed E-state index contributed by atoms with van der Waals surface area (Å²) < 4.78 is 29.9. The second-order valence-corrected chi connectivity index (χ2v) is 10.9. The second kappa shape index (κ2) is 6.50. The summed E-state index contributed by atoms with van der Waals surface area (Å²) in [6.07, 6.45) is 0.865. The SMILES string of the molecule is CCc1ccc(S(=O)(=O)N2CC3CN(c4ccc5nnc(C)n5n4)CC3C2)s1. The molecule has 148 valence electrons. The molecule has 0 aliphatic carbocycles. The van der Waals surface area contributed by atoms with E-state index in [4.69, 9.17) is 0 Å². The van der Waals surface area contributed by atoms with Crippen molar-refractivity contribution in [3.8, 4) is 0 Å². The molecule has 0 bridgehead atoms. The van der Waals surface area contributed by atoms with Crippen LogP contribution in [0.25, 0.3) is 5.65 Å². The van der Waals surface area contributed by atoms with E-state index in [9.17, 15) is 8.42 Å². The Balaban J connectivity index is 1.32. The van der Waals surface area contributed by atoms with Gasteiger partial charge >= 0.3 is 0 Å². The van der Waals surface area contributed by atoms with Crippen molar-refractivity contribution in [3.05, 3.63) is 35.0 Å². The van der Waals surface area contributed by atoms with Crippen LogP contribution in [0.1, 0.15) is 17.6 Å². The summed E-state index contributed by atoms with van der Waals surface area (Å²) in [5.41, 5.74) is 0.736. The van der Waals surface area contributed by atoms with Crippen molar-refractivity contribution in [3.63, 3.8) is 0 Å². The number of nitrogens with zero attached hydrogens (tertiary/aromatic N) is 6. The van der Waals surface area contributed by atoms with E-state index in [1.54, 1.807) is 14.9 Å². The van der Waals surface area contributed by atoms with Gasteiger partial charge in [-0.1, -0.05) is 6.92 Å². The number of thiophene rings is 1. The normalized spacial score (nSPS) is 23.0. The van der Waals surface area contributed by atoms with Crippen LogP contribution in [0, 0.1) is 18.8 Å². The summed E-state index contributed by atoms with van der Waals surface area (Å²) in [6.45, 7) is 6.73. The maximum atomic E-state index is 13.0. The number of hydrogen-bond acceptors (Lipinski definition) is 7. The first-order valence-electron chi connectivity index (χ1n) is 9.48. The number of hydrogen-bond donors (Lipinski definition) is 0. The van der Waals surface area contributed by atoms with Crippen molar-refractivity contribution in [1.82, 2.24) is 24.1 Å². The summed E-state index contributed by atoms with van der Waals surface area (Å²) in [6, 6.07) is 7.57. The number of fused-ring (bicyclic) bond motifs is 2. The fraction of sp³-hybridized carbons (Fsp3) is 0.500. The third-order valence-corrected chi connectivity index (χ3v) is 9.29. The van der Waals surface area contributed by atoms with E-state index >= 15 is 0 Å². The van der Waals surface area contributed by atoms with Crippen LogP contribution in [0.15, 0.2) is 28.5 Å². The molecule has 5 heterocycles. The third-order valence-electron chi connectivity index (χ3n) is 5.76. The predicted molar refractivity (Wildman–Crippen MR) is 107 cm³/mol. The lowest BCUT2D eigenvalue weighted by molar-refractivity contribution is 0.454. The molecule has 2 aliphatic rings. The predicted octanol–water partition coefficient (Wildman–Crippen LogP) is 1.81. The fourth-order valence-corrected chi connectivity index (χ4v) is 7.21. The molecule has 0 radical (unpaired) electrons. The van der Waals surface area contributed by atoms with Gasteiger partial charge < -0.3 is 4.90 Å². The van der Waals surface area contributed by atoms with E-state index in [1.165, 1.54) is 11.3 Å². The van der Waals surface area contributed by atoms with Crippen molar-refractivity contribution in [2.75, 3.05) is 31.1 Å². The summed E-state index contributed by atoms with van der Waals surface area (Å²) in [5, 5.41) is 12.8. The largest absolute Gasteiger partial charge is 0.355 e. The first-order chi connectivity index (χ1) is 13.5. The molecule has 0 N–H and O–H groups in total. The highest BCUT2D eigenvalue weighted by molar-refractivity contribution is 7.91. The van der Waals surface area contributed by atoms with Crippen molar-refractivity contribution < 1.29 is 8.42 Å². The van der Waals surface area contributed by atoms with E-state index in [1.807, 2.05) is 32.0 Å². The molecular formula is C18H22N6O2S2. The zero-order chi connectivity index (χ0) is 19.5. The lowest BCUT2D eigenvalue weighted by Crippen LogP contribution is -2.33. The maximum absolute atomic E-state index is 13.0. The molecule has 2 atom stereocenters. The van der Waals surface area contributed by atoms with E-state index in [0.717, 1.165) is 41.7 Å². The van der Waals surface area contributed by atoms with Gasteiger partial charge in [-0.2, -0.15) is 8.82 Å². The number of rotatable bonds is 4. The maximum Gasteiger partial charge on any atom is 0.252 e. The highest BCUT2D eigenvalue weighted by Gasteiger charge is 2.45. The first-order valence-corrected chi connectivity index (χ1v) is 11.7. The van der Waals surface area contributed by atoms with Gasteiger partial charge in [-0.05, 0) is 49.4 Å². The standard InChI is InChI=1S/C18H22N6O2S2/c1-3-15-4-7-18(27-15)28(25,26)23-10-13-8-22(9-14(13)11-23)17-6-5-16-20-19-12(2)24(16)21-17/h4-7,13-14H,3,8-11H2,1-2H3. The number of aryl methyl sites for hydroxylation is 2. The average molecular weight is 419 g/mol. The second-order valence-electron chi connectivity index (χ2n) is 7.53. The monoisotopic (exact) mass is 418 g/mol. The zero-order valence-electron chi connectivity index (χ0n) is 15.8. The smallest absolute Gasteiger partial charge is 0.252 e. The van der Waals surface area contributed by atoms with Crippen LogP contribution in [0.5, 0.6) is 0 Å². The Morgan fingerprint density at radius 3 is 2.50 bits per heavy atom. The van der Waals surface area contributed by atoms with Gasteiger partial charge in [0.25, 0.3) is 10.0 Å². The summed E-state index contributed by atoms with van der Waals surface area (Å²) >= 11 is 1.39. The minimum atomic E-state index is -3.38. The molecule has 3 aromatic rings. The zero-order valence-corrected chi connectivity index (χ0v) is 17.4. The van der Waals surface area contributed by atoms with Crippen molar-refractivity contribution in [1.29, 1.82) is 0 Å². The van der Waals surface area contributed by atoms with Crippen LogP contribution >= 0.6 is 11.3 Å². The van der Waals surface area contributed by atoms with Crippen LogP contribution in [0.3, 0.4) is 0 Å². The number of sulfonamides is 1. The Hall–Kier alpha value is -2.04. The molecule has 0 aromatic carbocycles. The van der Waals surface area contributed by atoms with Crippen LogP contribution in [0.4, 0.5) is 5.82 Å². The van der Waals surface area contributed by atoms with Crippen LogP contribution in [0.2, 0.25) is 0 Å². The number of anilines is 1. The van der Waals surface area contributed by atoms with Gasteiger partial charge in [0.05, 0.1) is 0 Å². The molecule has 28 heavy (non-hydrogen) atoms. The molecule has 2 aliphatic heterocycles. The van der Waals surface area contributed by atoms with Gasteiger partial charge in [-0.15, -0.1) is 26.6 Å². The van der Waals surface area contributed by atoms with Crippen LogP contribution < -0.4 is 4.90 Å². The molecule has 0 spiro atoms. The van der Waals surface area contributed by atoms with Gasteiger partial charge in [0, 0.05) is 31.1 Å². The molecule has 5 rings (SSSR count). The fourth-order valence-electron chi connectivity index (χ4n) is 4.20. The molecular weight excluding hydrogens is 396 g/mol. The highest BCUT2D eigenvalue weighted by Crippen LogP contribution is 2.37. The summed E-state index contributed by atoms with van der Waals surface area (Å²) in [5.74, 6) is 2.32. The van der Waals surface area contributed by atoms with Crippen molar-refractivity contribution in [2.24, 2.45) is 11.8 Å². The minimum Gasteiger partial charge on any atom is -0.355 e. The lowest BCUT2D eigenvalue weighted by atomic mass is 10.0. The molecule has 2 unspecified atom stereocenters.